The molecule has 0 radical (unpaired) electrons. The Balaban J connectivity index is 2.16. The maximum absolute atomic E-state index is 12.2. The largest absolute Gasteiger partial charge is 0.309 e. The zero-order valence-electron chi connectivity index (χ0n) is 13.8. The fourth-order valence-corrected chi connectivity index (χ4v) is 3.14. The van der Waals surface area contributed by atoms with Crippen molar-refractivity contribution in [3.05, 3.63) is 26.6 Å². The van der Waals surface area contributed by atoms with E-state index in [0.717, 1.165) is 27.2 Å². The summed E-state index contributed by atoms with van der Waals surface area (Å²) in [6.07, 6.45) is 0. The summed E-state index contributed by atoms with van der Waals surface area (Å²) in [6, 6.07) is 0. The number of nitrogens with one attached hydrogen (secondary N) is 2. The maximum Gasteiger partial charge on any atom is 0.259 e. The molecule has 2 rings (SSSR count). The van der Waals surface area contributed by atoms with E-state index in [0.29, 0.717) is 18.3 Å². The van der Waals surface area contributed by atoms with Crippen molar-refractivity contribution < 1.29 is 0 Å². The molecule has 2 aromatic heterocycles. The van der Waals surface area contributed by atoms with Gasteiger partial charge in [-0.3, -0.25) is 4.79 Å². The molecule has 0 atom stereocenters. The second-order valence-electron chi connectivity index (χ2n) is 6.72. The summed E-state index contributed by atoms with van der Waals surface area (Å²) in [6.45, 7) is 14.5. The first-order valence-electron chi connectivity index (χ1n) is 7.42. The molecule has 0 bridgehead atoms. The first-order valence-corrected chi connectivity index (χ1v) is 8.23. The Bertz CT molecular complexity index is 697. The van der Waals surface area contributed by atoms with Crippen LogP contribution in [0.15, 0.2) is 4.79 Å². The number of hydrogen-bond donors (Lipinski definition) is 2. The normalized spacial score (nSPS) is 12.5. The van der Waals surface area contributed by atoms with E-state index in [9.17, 15) is 4.79 Å². The van der Waals surface area contributed by atoms with Gasteiger partial charge >= 0.3 is 0 Å². The van der Waals surface area contributed by atoms with E-state index < -0.39 is 0 Å². The Morgan fingerprint density at radius 3 is 2.62 bits per heavy atom. The number of nitrogens with zero attached hydrogens (tertiary/aromatic N) is 1. The van der Waals surface area contributed by atoms with Crippen LogP contribution in [0.5, 0.6) is 0 Å². The standard InChI is InChI=1S/C16H25N3OS/c1-9(2)16(5,6)8-17-7-12-18-14(20)13-10(3)11(4)21-15(13)19-12/h9,17H,7-8H2,1-6H3,(H,18,19,20). The monoisotopic (exact) mass is 307 g/mol. The molecule has 0 amide bonds. The highest BCUT2D eigenvalue weighted by Crippen LogP contribution is 2.26. The van der Waals surface area contributed by atoms with E-state index in [-0.39, 0.29) is 11.0 Å². The minimum absolute atomic E-state index is 0.0261. The van der Waals surface area contributed by atoms with Gasteiger partial charge in [0.15, 0.2) is 0 Å². The van der Waals surface area contributed by atoms with Crippen LogP contribution in [0.4, 0.5) is 0 Å². The fraction of sp³-hybridized carbons (Fsp3) is 0.625. The summed E-state index contributed by atoms with van der Waals surface area (Å²) in [5.74, 6) is 1.32. The first kappa shape index (κ1) is 16.2. The average Bonchev–Trinajstić information content (AvgIpc) is 2.64. The third kappa shape index (κ3) is 3.35. The molecule has 116 valence electrons. The Hall–Kier alpha value is -1.20. The highest BCUT2D eigenvalue weighted by Gasteiger charge is 2.21. The number of rotatable bonds is 5. The minimum atomic E-state index is -0.0261. The Morgan fingerprint density at radius 2 is 2.00 bits per heavy atom. The van der Waals surface area contributed by atoms with E-state index in [1.165, 1.54) is 0 Å². The van der Waals surface area contributed by atoms with Crippen molar-refractivity contribution in [3.8, 4) is 0 Å². The summed E-state index contributed by atoms with van der Waals surface area (Å²) in [4.78, 5) is 21.7. The molecule has 5 heteroatoms. The smallest absolute Gasteiger partial charge is 0.259 e. The SMILES string of the molecule is Cc1sc2nc(CNCC(C)(C)C(C)C)[nH]c(=O)c2c1C. The number of aryl methyl sites for hydroxylation is 2. The van der Waals surface area contributed by atoms with Crippen LogP contribution in [0.25, 0.3) is 10.2 Å². The fourth-order valence-electron chi connectivity index (χ4n) is 2.09. The third-order valence-corrected chi connectivity index (χ3v) is 5.63. The quantitative estimate of drug-likeness (QED) is 0.890. The van der Waals surface area contributed by atoms with Crippen molar-refractivity contribution in [3.63, 3.8) is 0 Å². The topological polar surface area (TPSA) is 57.8 Å². The summed E-state index contributed by atoms with van der Waals surface area (Å²) < 4.78 is 0. The Morgan fingerprint density at radius 1 is 1.33 bits per heavy atom. The first-order chi connectivity index (χ1) is 9.72. The van der Waals surface area contributed by atoms with Crippen molar-refractivity contribution in [2.75, 3.05) is 6.54 Å². The zero-order chi connectivity index (χ0) is 15.8. The summed E-state index contributed by atoms with van der Waals surface area (Å²) in [5, 5.41) is 4.15. The van der Waals surface area contributed by atoms with E-state index >= 15 is 0 Å². The molecule has 0 fully saturated rings. The van der Waals surface area contributed by atoms with Gasteiger partial charge in [-0.05, 0) is 30.7 Å². The van der Waals surface area contributed by atoms with Crippen LogP contribution >= 0.6 is 11.3 Å². The lowest BCUT2D eigenvalue weighted by molar-refractivity contribution is 0.237. The van der Waals surface area contributed by atoms with Gasteiger partial charge in [-0.1, -0.05) is 27.7 Å². The van der Waals surface area contributed by atoms with Crippen LogP contribution in [0, 0.1) is 25.2 Å². The highest BCUT2D eigenvalue weighted by molar-refractivity contribution is 7.18. The number of aromatic amines is 1. The van der Waals surface area contributed by atoms with E-state index in [2.05, 4.69) is 43.0 Å². The van der Waals surface area contributed by atoms with Crippen LogP contribution in [-0.4, -0.2) is 16.5 Å². The molecule has 0 aliphatic rings. The summed E-state index contributed by atoms with van der Waals surface area (Å²) in [7, 11) is 0. The molecule has 4 nitrogen and oxygen atoms in total. The summed E-state index contributed by atoms with van der Waals surface area (Å²) in [5.41, 5.74) is 1.24. The maximum atomic E-state index is 12.2. The van der Waals surface area contributed by atoms with Gasteiger partial charge in [-0.25, -0.2) is 4.98 Å². The molecular formula is C16H25N3OS. The van der Waals surface area contributed by atoms with Gasteiger partial charge in [0.25, 0.3) is 5.56 Å². The minimum Gasteiger partial charge on any atom is -0.309 e. The second kappa shape index (κ2) is 5.89. The molecular weight excluding hydrogens is 282 g/mol. The van der Waals surface area contributed by atoms with Gasteiger partial charge in [0.2, 0.25) is 0 Å². The van der Waals surface area contributed by atoms with Crippen molar-refractivity contribution in [1.29, 1.82) is 0 Å². The number of hydrogen-bond acceptors (Lipinski definition) is 4. The molecule has 0 saturated carbocycles. The predicted molar refractivity (Wildman–Crippen MR) is 90.0 cm³/mol. The van der Waals surface area contributed by atoms with Crippen LogP contribution in [0.2, 0.25) is 0 Å². The molecule has 0 saturated heterocycles. The van der Waals surface area contributed by atoms with Crippen LogP contribution < -0.4 is 10.9 Å². The second-order valence-corrected chi connectivity index (χ2v) is 7.93. The Kier molecular flexibility index (Phi) is 4.54. The summed E-state index contributed by atoms with van der Waals surface area (Å²) >= 11 is 1.59. The third-order valence-electron chi connectivity index (χ3n) is 4.52. The van der Waals surface area contributed by atoms with Crippen molar-refractivity contribution in [1.82, 2.24) is 15.3 Å². The molecule has 21 heavy (non-hydrogen) atoms. The lowest BCUT2D eigenvalue weighted by atomic mass is 9.81. The number of H-pyrrole nitrogens is 1. The lowest BCUT2D eigenvalue weighted by Crippen LogP contribution is -2.33. The highest BCUT2D eigenvalue weighted by atomic mass is 32.1. The van der Waals surface area contributed by atoms with E-state index in [1.54, 1.807) is 11.3 Å². The number of fused-ring (bicyclic) bond motifs is 1. The predicted octanol–water partition coefficient (Wildman–Crippen LogP) is 3.37. The number of aromatic nitrogens is 2. The molecule has 2 N–H and O–H groups in total. The van der Waals surface area contributed by atoms with Crippen LogP contribution in [-0.2, 0) is 6.54 Å². The van der Waals surface area contributed by atoms with Gasteiger partial charge in [0, 0.05) is 11.4 Å². The van der Waals surface area contributed by atoms with Gasteiger partial charge in [0.05, 0.1) is 11.9 Å². The van der Waals surface area contributed by atoms with Crippen molar-refractivity contribution in [2.24, 2.45) is 11.3 Å². The van der Waals surface area contributed by atoms with Crippen LogP contribution in [0.3, 0.4) is 0 Å². The average molecular weight is 307 g/mol. The molecule has 0 aliphatic carbocycles. The van der Waals surface area contributed by atoms with E-state index in [4.69, 9.17) is 0 Å². The lowest BCUT2D eigenvalue weighted by Gasteiger charge is -2.29. The van der Waals surface area contributed by atoms with Crippen molar-refractivity contribution >= 4 is 21.6 Å². The zero-order valence-corrected chi connectivity index (χ0v) is 14.6. The molecule has 0 aromatic carbocycles. The molecule has 0 spiro atoms. The van der Waals surface area contributed by atoms with Gasteiger partial charge in [-0.15, -0.1) is 11.3 Å². The van der Waals surface area contributed by atoms with Gasteiger partial charge in [-0.2, -0.15) is 0 Å². The van der Waals surface area contributed by atoms with Crippen LogP contribution in [0.1, 0.15) is 44.0 Å². The van der Waals surface area contributed by atoms with Gasteiger partial charge < -0.3 is 10.3 Å². The molecule has 0 unspecified atom stereocenters. The molecule has 2 aromatic rings. The molecule has 2 heterocycles. The Labute approximate surface area is 130 Å². The van der Waals surface area contributed by atoms with E-state index in [1.807, 2.05) is 13.8 Å². The van der Waals surface area contributed by atoms with Crippen molar-refractivity contribution in [2.45, 2.75) is 48.1 Å². The van der Waals surface area contributed by atoms with Gasteiger partial charge in [0.1, 0.15) is 10.7 Å². The number of thiophene rings is 1. The molecule has 0 aliphatic heterocycles.